The van der Waals surface area contributed by atoms with E-state index in [1.54, 1.807) is 18.7 Å². The minimum atomic E-state index is -0.980. The van der Waals surface area contributed by atoms with Crippen molar-refractivity contribution in [1.82, 2.24) is 4.90 Å². The summed E-state index contributed by atoms with van der Waals surface area (Å²) in [5.41, 5.74) is -0.980. The van der Waals surface area contributed by atoms with Crippen LogP contribution in [0.3, 0.4) is 0 Å². The maximum atomic E-state index is 11.8. The zero-order valence-corrected chi connectivity index (χ0v) is 9.00. The van der Waals surface area contributed by atoms with Crippen LogP contribution in [0, 0.1) is 29.1 Å². The van der Waals surface area contributed by atoms with Crippen LogP contribution in [0.2, 0.25) is 0 Å². The zero-order valence-electron chi connectivity index (χ0n) is 9.00. The molecule has 0 aromatic rings. The van der Waals surface area contributed by atoms with Crippen LogP contribution in [0.5, 0.6) is 0 Å². The molecule has 0 heterocycles. The number of nitrogens with zero attached hydrogens (tertiary/aromatic N) is 2. The Morgan fingerprint density at radius 2 is 2.14 bits per heavy atom. The van der Waals surface area contributed by atoms with E-state index in [9.17, 15) is 4.79 Å². The standard InChI is InChI=1S/C11H16N2O/c1-5-7-13(8-6-2)10(14)11(3,4)9-12/h1H,6-8H2,2-4H3. The first-order chi connectivity index (χ1) is 6.49. The second-order valence-electron chi connectivity index (χ2n) is 3.67. The summed E-state index contributed by atoms with van der Waals surface area (Å²) in [5, 5.41) is 8.80. The molecule has 1 amide bonds. The van der Waals surface area contributed by atoms with Gasteiger partial charge in [-0.3, -0.25) is 4.79 Å². The monoisotopic (exact) mass is 192 g/mol. The summed E-state index contributed by atoms with van der Waals surface area (Å²) in [7, 11) is 0. The smallest absolute Gasteiger partial charge is 0.243 e. The van der Waals surface area contributed by atoms with Crippen molar-refractivity contribution in [2.45, 2.75) is 27.2 Å². The van der Waals surface area contributed by atoms with Crippen LogP contribution in [-0.2, 0) is 4.79 Å². The van der Waals surface area contributed by atoms with Crippen LogP contribution < -0.4 is 0 Å². The summed E-state index contributed by atoms with van der Waals surface area (Å²) < 4.78 is 0. The van der Waals surface area contributed by atoms with E-state index in [0.717, 1.165) is 6.42 Å². The van der Waals surface area contributed by atoms with Gasteiger partial charge in [0.15, 0.2) is 0 Å². The lowest BCUT2D eigenvalue weighted by Gasteiger charge is -2.25. The SMILES string of the molecule is C#CCN(CCC)C(=O)C(C)(C)C#N. The molecule has 0 aliphatic carbocycles. The van der Waals surface area contributed by atoms with Crippen molar-refractivity contribution in [2.75, 3.05) is 13.1 Å². The number of rotatable bonds is 4. The first kappa shape index (κ1) is 12.5. The molecule has 0 fully saturated rings. The molecule has 0 aromatic carbocycles. The van der Waals surface area contributed by atoms with E-state index >= 15 is 0 Å². The van der Waals surface area contributed by atoms with E-state index in [1.807, 2.05) is 13.0 Å². The third-order valence-corrected chi connectivity index (χ3v) is 1.88. The molecule has 0 aliphatic heterocycles. The second-order valence-corrected chi connectivity index (χ2v) is 3.67. The number of hydrogen-bond donors (Lipinski definition) is 0. The van der Waals surface area contributed by atoms with Crippen LogP contribution in [-0.4, -0.2) is 23.9 Å². The van der Waals surface area contributed by atoms with Crippen LogP contribution in [0.4, 0.5) is 0 Å². The first-order valence-corrected chi connectivity index (χ1v) is 4.63. The molecular formula is C11H16N2O. The molecule has 0 aliphatic rings. The highest BCUT2D eigenvalue weighted by Gasteiger charge is 2.31. The van der Waals surface area contributed by atoms with Crippen molar-refractivity contribution >= 4 is 5.91 Å². The predicted octanol–water partition coefficient (Wildman–Crippen LogP) is 1.41. The fraction of sp³-hybridized carbons (Fsp3) is 0.636. The van der Waals surface area contributed by atoms with Crippen molar-refractivity contribution in [2.24, 2.45) is 5.41 Å². The molecule has 3 heteroatoms. The average molecular weight is 192 g/mol. The Morgan fingerprint density at radius 3 is 2.50 bits per heavy atom. The van der Waals surface area contributed by atoms with Crippen molar-refractivity contribution in [3.8, 4) is 18.4 Å². The van der Waals surface area contributed by atoms with E-state index in [2.05, 4.69) is 5.92 Å². The molecular weight excluding hydrogens is 176 g/mol. The lowest BCUT2D eigenvalue weighted by molar-refractivity contribution is -0.136. The molecule has 0 atom stereocenters. The van der Waals surface area contributed by atoms with Gasteiger partial charge in [0.2, 0.25) is 5.91 Å². The molecule has 0 N–H and O–H groups in total. The maximum absolute atomic E-state index is 11.8. The van der Waals surface area contributed by atoms with Gasteiger partial charge in [-0.05, 0) is 20.3 Å². The molecule has 0 saturated heterocycles. The van der Waals surface area contributed by atoms with Crippen LogP contribution >= 0.6 is 0 Å². The second kappa shape index (κ2) is 5.29. The van der Waals surface area contributed by atoms with E-state index in [0.29, 0.717) is 6.54 Å². The highest BCUT2D eigenvalue weighted by atomic mass is 16.2. The lowest BCUT2D eigenvalue weighted by Crippen LogP contribution is -2.40. The van der Waals surface area contributed by atoms with Crippen molar-refractivity contribution in [3.05, 3.63) is 0 Å². The van der Waals surface area contributed by atoms with E-state index in [4.69, 9.17) is 11.7 Å². The summed E-state index contributed by atoms with van der Waals surface area (Å²) >= 11 is 0. The number of amides is 1. The van der Waals surface area contributed by atoms with E-state index in [-0.39, 0.29) is 12.5 Å². The number of terminal acetylenes is 1. The fourth-order valence-corrected chi connectivity index (χ4v) is 1.08. The summed E-state index contributed by atoms with van der Waals surface area (Å²) in [6.07, 6.45) is 6.00. The van der Waals surface area contributed by atoms with Gasteiger partial charge in [-0.25, -0.2) is 0 Å². The van der Waals surface area contributed by atoms with Gasteiger partial charge in [0, 0.05) is 6.54 Å². The van der Waals surface area contributed by atoms with Crippen LogP contribution in [0.15, 0.2) is 0 Å². The van der Waals surface area contributed by atoms with Gasteiger partial charge < -0.3 is 4.90 Å². The largest absolute Gasteiger partial charge is 0.330 e. The molecule has 14 heavy (non-hydrogen) atoms. The van der Waals surface area contributed by atoms with Gasteiger partial charge in [0.25, 0.3) is 0 Å². The van der Waals surface area contributed by atoms with Gasteiger partial charge in [-0.15, -0.1) is 6.42 Å². The van der Waals surface area contributed by atoms with Crippen LogP contribution in [0.25, 0.3) is 0 Å². The molecule has 0 bridgehead atoms. The summed E-state index contributed by atoms with van der Waals surface area (Å²) in [5.74, 6) is 2.23. The number of nitriles is 1. The topological polar surface area (TPSA) is 44.1 Å². The summed E-state index contributed by atoms with van der Waals surface area (Å²) in [6.45, 7) is 6.06. The third kappa shape index (κ3) is 3.11. The first-order valence-electron chi connectivity index (χ1n) is 4.63. The predicted molar refractivity (Wildman–Crippen MR) is 55.1 cm³/mol. The normalized spacial score (nSPS) is 10.1. The summed E-state index contributed by atoms with van der Waals surface area (Å²) in [4.78, 5) is 13.3. The average Bonchev–Trinajstić information content (AvgIpc) is 2.16. The Morgan fingerprint density at radius 1 is 1.57 bits per heavy atom. The zero-order chi connectivity index (χ0) is 11.2. The highest BCUT2D eigenvalue weighted by molar-refractivity contribution is 5.84. The van der Waals surface area contributed by atoms with Gasteiger partial charge in [0.1, 0.15) is 5.41 Å². The molecule has 0 rings (SSSR count). The summed E-state index contributed by atoms with van der Waals surface area (Å²) in [6, 6.07) is 1.98. The Bertz CT molecular complexity index is 281. The number of carbonyl (C=O) groups is 1. The molecule has 0 saturated carbocycles. The van der Waals surface area contributed by atoms with E-state index in [1.165, 1.54) is 0 Å². The number of hydrogen-bond acceptors (Lipinski definition) is 2. The van der Waals surface area contributed by atoms with Crippen LogP contribution in [0.1, 0.15) is 27.2 Å². The molecule has 3 nitrogen and oxygen atoms in total. The molecule has 0 spiro atoms. The van der Waals surface area contributed by atoms with Crippen molar-refractivity contribution in [1.29, 1.82) is 5.26 Å². The van der Waals surface area contributed by atoms with Gasteiger partial charge in [-0.2, -0.15) is 5.26 Å². The fourth-order valence-electron chi connectivity index (χ4n) is 1.08. The Labute approximate surface area is 85.7 Å². The Hall–Kier alpha value is -1.48. The highest BCUT2D eigenvalue weighted by Crippen LogP contribution is 2.17. The van der Waals surface area contributed by atoms with Crippen molar-refractivity contribution in [3.63, 3.8) is 0 Å². The Kier molecular flexibility index (Phi) is 4.73. The number of carbonyl (C=O) groups excluding carboxylic acids is 1. The molecule has 0 aromatic heterocycles. The molecule has 76 valence electrons. The van der Waals surface area contributed by atoms with Crippen molar-refractivity contribution < 1.29 is 4.79 Å². The Balaban J connectivity index is 4.62. The third-order valence-electron chi connectivity index (χ3n) is 1.88. The van der Waals surface area contributed by atoms with Gasteiger partial charge in [-0.1, -0.05) is 12.8 Å². The maximum Gasteiger partial charge on any atom is 0.243 e. The lowest BCUT2D eigenvalue weighted by atomic mass is 9.94. The molecule has 0 radical (unpaired) electrons. The van der Waals surface area contributed by atoms with E-state index < -0.39 is 5.41 Å². The molecule has 0 unspecified atom stereocenters. The van der Waals surface area contributed by atoms with Gasteiger partial charge >= 0.3 is 0 Å². The minimum Gasteiger partial charge on any atom is -0.330 e. The van der Waals surface area contributed by atoms with Gasteiger partial charge in [0.05, 0.1) is 12.6 Å². The quantitative estimate of drug-likeness (QED) is 0.632. The minimum absolute atomic E-state index is 0.195.